The van der Waals surface area contributed by atoms with Gasteiger partial charge in [-0.3, -0.25) is 4.79 Å². The van der Waals surface area contributed by atoms with Crippen LogP contribution in [-0.2, 0) is 4.79 Å². The molecule has 34 heavy (non-hydrogen) atoms. The summed E-state index contributed by atoms with van der Waals surface area (Å²) in [7, 11) is 0. The van der Waals surface area contributed by atoms with Gasteiger partial charge in [0.25, 0.3) is 0 Å². The minimum absolute atomic E-state index is 0.0373. The molecule has 3 nitrogen and oxygen atoms in total. The van der Waals surface area contributed by atoms with Crippen molar-refractivity contribution in [1.82, 2.24) is 0 Å². The first-order valence-corrected chi connectivity index (χ1v) is 14.3. The van der Waals surface area contributed by atoms with Gasteiger partial charge in [0.15, 0.2) is 5.78 Å². The first-order chi connectivity index (χ1) is 16.5. The molecule has 0 aliphatic heterocycles. The van der Waals surface area contributed by atoms with Gasteiger partial charge in [0, 0.05) is 18.3 Å². The Labute approximate surface area is 204 Å². The average Bonchev–Trinajstić information content (AvgIpc) is 3.71. The van der Waals surface area contributed by atoms with E-state index in [0.717, 1.165) is 44.9 Å². The molecule has 2 N–H and O–H groups in total. The molecule has 182 valence electrons. The van der Waals surface area contributed by atoms with E-state index in [1.807, 2.05) is 19.9 Å². The standard InChI is InChI=1S/C29H34O3.C2H6/c1-29-12-20(27-25-18-11-19(26(25)27)24(18)28(32)13-2-3-13)23-16-7-5-15(30)10-14(16)4-6-17(23)21(29)8-9-22(29)31;1-2/h10,13,17,20-22,24,27-28,31-32H,2-9,11-12H2,1H3;1-2H3. The van der Waals surface area contributed by atoms with E-state index in [1.54, 1.807) is 33.4 Å². The van der Waals surface area contributed by atoms with Crippen molar-refractivity contribution in [2.75, 3.05) is 0 Å². The lowest BCUT2D eigenvalue weighted by Crippen LogP contribution is -2.46. The summed E-state index contributed by atoms with van der Waals surface area (Å²) in [5.74, 6) is 3.49. The van der Waals surface area contributed by atoms with Gasteiger partial charge in [-0.1, -0.05) is 37.5 Å². The topological polar surface area (TPSA) is 57.5 Å². The second-order valence-electron chi connectivity index (χ2n) is 12.6. The molecule has 0 amide bonds. The van der Waals surface area contributed by atoms with Crippen molar-refractivity contribution >= 4 is 5.78 Å². The molecule has 0 spiro atoms. The summed E-state index contributed by atoms with van der Waals surface area (Å²) in [6.07, 6.45) is 12.3. The molecule has 0 aromatic rings. The van der Waals surface area contributed by atoms with Crippen molar-refractivity contribution < 1.29 is 15.0 Å². The van der Waals surface area contributed by atoms with Crippen LogP contribution in [0.1, 0.15) is 85.0 Å². The van der Waals surface area contributed by atoms with Gasteiger partial charge in [-0.05, 0) is 115 Å². The second-order valence-corrected chi connectivity index (χ2v) is 12.6. The minimum atomic E-state index is -0.167. The Morgan fingerprint density at radius 1 is 0.971 bits per heavy atom. The molecule has 0 radical (unpaired) electrons. The molecule has 5 fully saturated rings. The molecule has 2 bridgehead atoms. The Morgan fingerprint density at radius 3 is 2.41 bits per heavy atom. The first kappa shape index (κ1) is 21.8. The number of ketones is 1. The maximum absolute atomic E-state index is 12.2. The van der Waals surface area contributed by atoms with Crippen LogP contribution in [0.25, 0.3) is 0 Å². The van der Waals surface area contributed by atoms with Crippen LogP contribution in [0.2, 0.25) is 0 Å². The van der Waals surface area contributed by atoms with Gasteiger partial charge in [0.05, 0.1) is 12.2 Å². The molecule has 8 aliphatic rings. The first-order valence-electron chi connectivity index (χ1n) is 14.3. The molecule has 0 aromatic carbocycles. The highest BCUT2D eigenvalue weighted by molar-refractivity contribution is 5.93. The minimum Gasteiger partial charge on any atom is -0.393 e. The van der Waals surface area contributed by atoms with Crippen LogP contribution in [0.3, 0.4) is 0 Å². The summed E-state index contributed by atoms with van der Waals surface area (Å²) >= 11 is 0. The number of rotatable bonds is 3. The van der Waals surface area contributed by atoms with Crippen LogP contribution in [0.4, 0.5) is 0 Å². The second kappa shape index (κ2) is 7.29. The largest absolute Gasteiger partial charge is 0.393 e. The number of hydrogen-bond donors (Lipinski definition) is 2. The van der Waals surface area contributed by atoms with Crippen molar-refractivity contribution in [3.63, 3.8) is 0 Å². The molecule has 6 unspecified atom stereocenters. The van der Waals surface area contributed by atoms with Crippen molar-refractivity contribution in [2.24, 2.45) is 40.9 Å². The van der Waals surface area contributed by atoms with E-state index in [-0.39, 0.29) is 17.6 Å². The predicted molar refractivity (Wildman–Crippen MR) is 133 cm³/mol. The zero-order valence-corrected chi connectivity index (χ0v) is 21.1. The zero-order valence-electron chi connectivity index (χ0n) is 21.1. The fourth-order valence-corrected chi connectivity index (χ4v) is 9.54. The maximum atomic E-state index is 12.2. The normalized spacial score (nSPS) is 41.2. The van der Waals surface area contributed by atoms with E-state index in [1.165, 1.54) is 18.4 Å². The van der Waals surface area contributed by atoms with E-state index in [4.69, 9.17) is 0 Å². The molecular formula is C31H40O3. The molecule has 5 saturated carbocycles. The number of aliphatic hydroxyl groups excluding tert-OH is 2. The van der Waals surface area contributed by atoms with Crippen LogP contribution in [-0.4, -0.2) is 28.2 Å². The summed E-state index contributed by atoms with van der Waals surface area (Å²) in [6.45, 7) is 6.38. The number of carbonyl (C=O) groups is 1. The van der Waals surface area contributed by atoms with Crippen LogP contribution in [0.5, 0.6) is 0 Å². The van der Waals surface area contributed by atoms with Gasteiger partial charge in [-0.2, -0.15) is 0 Å². The smallest absolute Gasteiger partial charge is 0.156 e. The van der Waals surface area contributed by atoms with Crippen molar-refractivity contribution in [3.05, 3.63) is 45.1 Å². The van der Waals surface area contributed by atoms with Gasteiger partial charge in [0.2, 0.25) is 0 Å². The third-order valence-corrected chi connectivity index (χ3v) is 11.2. The summed E-state index contributed by atoms with van der Waals surface area (Å²) < 4.78 is 0. The molecule has 8 rings (SSSR count). The lowest BCUT2D eigenvalue weighted by Gasteiger charge is -2.52. The fraction of sp³-hybridized carbons (Fsp3) is 0.710. The van der Waals surface area contributed by atoms with Gasteiger partial charge >= 0.3 is 0 Å². The van der Waals surface area contributed by atoms with E-state index in [9.17, 15) is 15.0 Å². The molecule has 0 heterocycles. The van der Waals surface area contributed by atoms with E-state index >= 15 is 0 Å². The monoisotopic (exact) mass is 460 g/mol. The molecule has 0 aromatic heterocycles. The van der Waals surface area contributed by atoms with E-state index < -0.39 is 0 Å². The third-order valence-electron chi connectivity index (χ3n) is 11.2. The Bertz CT molecular complexity index is 1070. The van der Waals surface area contributed by atoms with E-state index in [2.05, 4.69) is 6.92 Å². The highest BCUT2D eigenvalue weighted by Gasteiger charge is 2.65. The van der Waals surface area contributed by atoms with Crippen molar-refractivity contribution in [1.29, 1.82) is 0 Å². The Balaban J connectivity index is 0.000000977. The van der Waals surface area contributed by atoms with Crippen molar-refractivity contribution in [2.45, 2.75) is 97.2 Å². The highest BCUT2D eigenvalue weighted by Crippen LogP contribution is 2.74. The lowest BCUT2D eigenvalue weighted by atomic mass is 9.53. The maximum Gasteiger partial charge on any atom is 0.156 e. The quantitative estimate of drug-likeness (QED) is 0.557. The van der Waals surface area contributed by atoms with Gasteiger partial charge in [-0.25, -0.2) is 0 Å². The van der Waals surface area contributed by atoms with Gasteiger partial charge < -0.3 is 10.2 Å². The lowest BCUT2D eigenvalue weighted by molar-refractivity contribution is -0.114. The van der Waals surface area contributed by atoms with Crippen LogP contribution in [0, 0.1) is 40.9 Å². The summed E-state index contributed by atoms with van der Waals surface area (Å²) in [5, 5.41) is 21.9. The fourth-order valence-electron chi connectivity index (χ4n) is 9.54. The highest BCUT2D eigenvalue weighted by atomic mass is 16.3. The van der Waals surface area contributed by atoms with Crippen LogP contribution < -0.4 is 0 Å². The molecule has 8 aliphatic carbocycles. The molecule has 3 heteroatoms. The van der Waals surface area contributed by atoms with Crippen LogP contribution >= 0.6 is 0 Å². The third kappa shape index (κ3) is 2.69. The van der Waals surface area contributed by atoms with Crippen LogP contribution in [0.15, 0.2) is 45.1 Å². The summed E-state index contributed by atoms with van der Waals surface area (Å²) in [5.41, 5.74) is 11.0. The Kier molecular flexibility index (Phi) is 4.68. The average molecular weight is 461 g/mol. The zero-order chi connectivity index (χ0) is 23.5. The predicted octanol–water partition coefficient (Wildman–Crippen LogP) is 5.83. The van der Waals surface area contributed by atoms with E-state index in [0.29, 0.717) is 47.7 Å². The molecule has 6 atom stereocenters. The van der Waals surface area contributed by atoms with Gasteiger partial charge in [0.1, 0.15) is 0 Å². The molecule has 0 saturated heterocycles. The SMILES string of the molecule is CC.CC12CC(C3C4=C5CC(=C43)C5C(O)C3CC3)C3=C4CCC(=O)C=C4CCC3C1CCC2O. The molecular weight excluding hydrogens is 420 g/mol. The van der Waals surface area contributed by atoms with Crippen molar-refractivity contribution in [3.8, 4) is 0 Å². The van der Waals surface area contributed by atoms with Gasteiger partial charge in [-0.15, -0.1) is 0 Å². The summed E-state index contributed by atoms with van der Waals surface area (Å²) in [6, 6.07) is 0. The number of hydrogen-bond acceptors (Lipinski definition) is 3. The summed E-state index contributed by atoms with van der Waals surface area (Å²) in [4.78, 5) is 12.2. The Morgan fingerprint density at radius 2 is 1.71 bits per heavy atom. The number of fused-ring (bicyclic) bond motifs is 7. The Hall–Kier alpha value is -1.45. The number of carbonyl (C=O) groups excluding carboxylic acids is 1. The number of allylic oxidation sites excluding steroid dienone is 6. The number of aliphatic hydroxyl groups is 2.